The number of aromatic hydroxyl groups is 1. The van der Waals surface area contributed by atoms with Crippen LogP contribution in [0.15, 0.2) is 12.1 Å². The molecule has 4 N–H and O–H groups in total. The van der Waals surface area contributed by atoms with E-state index in [9.17, 15) is 23.1 Å². The van der Waals surface area contributed by atoms with Gasteiger partial charge in [-0.1, -0.05) is 0 Å². The smallest absolute Gasteiger partial charge is 0.459 e. The minimum atomic E-state index is -4.81. The van der Waals surface area contributed by atoms with Gasteiger partial charge in [-0.25, -0.2) is 0 Å². The van der Waals surface area contributed by atoms with Gasteiger partial charge < -0.3 is 15.7 Å². The Morgan fingerprint density at radius 3 is 2.45 bits per heavy atom. The third-order valence-electron chi connectivity index (χ3n) is 3.72. The maximum Gasteiger partial charge on any atom is 0.459 e. The van der Waals surface area contributed by atoms with E-state index in [-0.39, 0.29) is 13.1 Å². The van der Waals surface area contributed by atoms with Crippen molar-refractivity contribution in [1.82, 2.24) is 5.32 Å². The molecule has 110 valence electrons. The molecule has 1 heterocycles. The molecule has 0 unspecified atom stereocenters. The quantitative estimate of drug-likeness (QED) is 0.703. The molecule has 0 aromatic heterocycles. The zero-order valence-electron chi connectivity index (χ0n) is 11.1. The van der Waals surface area contributed by atoms with Gasteiger partial charge in [-0.05, 0) is 37.1 Å². The molecule has 0 spiro atoms. The lowest BCUT2D eigenvalue weighted by molar-refractivity contribution is -0.750. The SMILES string of the molecule is Cc1cc(O)c([C@@]2(C(F)(F)F)[NH2+]CCNC2=O)cc1C. The molecule has 1 saturated heterocycles. The van der Waals surface area contributed by atoms with Crippen molar-refractivity contribution in [2.75, 3.05) is 13.1 Å². The number of nitrogens with two attached hydrogens (primary N) is 1. The summed E-state index contributed by atoms with van der Waals surface area (Å²) in [5.41, 5.74) is -1.94. The molecule has 20 heavy (non-hydrogen) atoms. The first kappa shape index (κ1) is 14.6. The summed E-state index contributed by atoms with van der Waals surface area (Å²) < 4.78 is 40.6. The van der Waals surface area contributed by atoms with Crippen LogP contribution in [0.5, 0.6) is 5.75 Å². The summed E-state index contributed by atoms with van der Waals surface area (Å²) in [4.78, 5) is 11.9. The Balaban J connectivity index is 2.70. The second-order valence-corrected chi connectivity index (χ2v) is 5.01. The number of hydrogen-bond acceptors (Lipinski definition) is 2. The van der Waals surface area contributed by atoms with Crippen molar-refractivity contribution in [2.45, 2.75) is 25.6 Å². The number of halogens is 3. The summed E-state index contributed by atoms with van der Waals surface area (Å²) in [7, 11) is 0. The molecule has 0 aliphatic carbocycles. The first-order valence-corrected chi connectivity index (χ1v) is 6.20. The highest BCUT2D eigenvalue weighted by atomic mass is 19.4. The van der Waals surface area contributed by atoms with Gasteiger partial charge in [-0.15, -0.1) is 0 Å². The third kappa shape index (κ3) is 2.02. The molecule has 0 saturated carbocycles. The lowest BCUT2D eigenvalue weighted by atomic mass is 9.84. The number of hydrogen-bond donors (Lipinski definition) is 3. The number of phenolic OH excluding ortho intramolecular Hbond substituents is 1. The molecule has 1 aromatic carbocycles. The number of rotatable bonds is 1. The minimum Gasteiger partial charge on any atom is -0.507 e. The number of aryl methyl sites for hydroxylation is 2. The molecule has 2 rings (SSSR count). The van der Waals surface area contributed by atoms with Crippen LogP contribution in [0.2, 0.25) is 0 Å². The fraction of sp³-hybridized carbons (Fsp3) is 0.462. The monoisotopic (exact) mass is 289 g/mol. The molecule has 1 aromatic rings. The molecule has 7 heteroatoms. The summed E-state index contributed by atoms with van der Waals surface area (Å²) in [6.45, 7) is 3.59. The number of nitrogens with one attached hydrogen (secondary N) is 1. The maximum absolute atomic E-state index is 13.5. The first-order chi connectivity index (χ1) is 9.20. The molecular weight excluding hydrogens is 273 g/mol. The van der Waals surface area contributed by atoms with Gasteiger partial charge in [0.15, 0.2) is 0 Å². The highest BCUT2D eigenvalue weighted by Crippen LogP contribution is 2.41. The summed E-state index contributed by atoms with van der Waals surface area (Å²) >= 11 is 0. The number of carbonyl (C=O) groups is 1. The van der Waals surface area contributed by atoms with Gasteiger partial charge in [0.1, 0.15) is 5.75 Å². The van der Waals surface area contributed by atoms with Gasteiger partial charge >= 0.3 is 11.7 Å². The fourth-order valence-electron chi connectivity index (χ4n) is 2.45. The molecule has 0 bridgehead atoms. The van der Waals surface area contributed by atoms with Crippen LogP contribution < -0.4 is 10.6 Å². The largest absolute Gasteiger partial charge is 0.507 e. The number of phenols is 1. The van der Waals surface area contributed by atoms with Crippen molar-refractivity contribution in [3.8, 4) is 5.75 Å². The van der Waals surface area contributed by atoms with Crippen molar-refractivity contribution >= 4 is 5.91 Å². The van der Waals surface area contributed by atoms with E-state index in [0.29, 0.717) is 11.1 Å². The highest BCUT2D eigenvalue weighted by molar-refractivity contribution is 5.88. The second-order valence-electron chi connectivity index (χ2n) is 5.01. The lowest BCUT2D eigenvalue weighted by Crippen LogP contribution is -3.04. The Morgan fingerprint density at radius 1 is 1.30 bits per heavy atom. The Labute approximate surface area is 114 Å². The van der Waals surface area contributed by atoms with Crippen molar-refractivity contribution < 1.29 is 28.4 Å². The van der Waals surface area contributed by atoms with E-state index < -0.39 is 28.9 Å². The molecule has 1 aliphatic rings. The number of amides is 1. The van der Waals surface area contributed by atoms with Gasteiger partial charge in [-0.2, -0.15) is 13.2 Å². The first-order valence-electron chi connectivity index (χ1n) is 6.20. The Hall–Kier alpha value is -1.76. The third-order valence-corrected chi connectivity index (χ3v) is 3.72. The number of quaternary nitrogens is 1. The predicted molar refractivity (Wildman–Crippen MR) is 65.1 cm³/mol. The van der Waals surface area contributed by atoms with E-state index in [4.69, 9.17) is 0 Å². The average molecular weight is 289 g/mol. The molecule has 1 fully saturated rings. The van der Waals surface area contributed by atoms with Gasteiger partial charge in [0, 0.05) is 0 Å². The van der Waals surface area contributed by atoms with Crippen LogP contribution in [0.1, 0.15) is 16.7 Å². The van der Waals surface area contributed by atoms with E-state index in [1.165, 1.54) is 12.1 Å². The van der Waals surface area contributed by atoms with Crippen molar-refractivity contribution in [3.05, 3.63) is 28.8 Å². The van der Waals surface area contributed by atoms with Gasteiger partial charge in [-0.3, -0.25) is 4.79 Å². The van der Waals surface area contributed by atoms with Crippen LogP contribution in [0.3, 0.4) is 0 Å². The van der Waals surface area contributed by atoms with Crippen molar-refractivity contribution in [2.24, 2.45) is 0 Å². The summed E-state index contributed by atoms with van der Waals surface area (Å²) in [5.74, 6) is -1.66. The van der Waals surface area contributed by atoms with E-state index in [0.717, 1.165) is 5.32 Å². The minimum absolute atomic E-state index is 0.0949. The van der Waals surface area contributed by atoms with Crippen LogP contribution >= 0.6 is 0 Å². The number of benzene rings is 1. The zero-order valence-corrected chi connectivity index (χ0v) is 11.1. The number of piperazine rings is 1. The zero-order chi connectivity index (χ0) is 15.1. The normalized spacial score (nSPS) is 23.6. The molecular formula is C13H16F3N2O2+. The summed E-state index contributed by atoms with van der Waals surface area (Å²) in [5, 5.41) is 13.1. The second kappa shape index (κ2) is 4.66. The predicted octanol–water partition coefficient (Wildman–Crippen LogP) is 0.460. The Bertz CT molecular complexity index is 557. The molecule has 1 aliphatic heterocycles. The Kier molecular flexibility index (Phi) is 3.41. The number of carbonyl (C=O) groups excluding carboxylic acids is 1. The Morgan fingerprint density at radius 2 is 1.90 bits per heavy atom. The van der Waals surface area contributed by atoms with E-state index in [2.05, 4.69) is 5.32 Å². The maximum atomic E-state index is 13.5. The van der Waals surface area contributed by atoms with Gasteiger partial charge in [0.25, 0.3) is 5.91 Å². The topological polar surface area (TPSA) is 65.9 Å². The highest BCUT2D eigenvalue weighted by Gasteiger charge is 2.67. The molecule has 4 nitrogen and oxygen atoms in total. The van der Waals surface area contributed by atoms with Crippen LogP contribution in [-0.4, -0.2) is 30.3 Å². The molecule has 1 atom stereocenters. The fourth-order valence-corrected chi connectivity index (χ4v) is 2.45. The van der Waals surface area contributed by atoms with E-state index in [1.54, 1.807) is 13.8 Å². The van der Waals surface area contributed by atoms with Crippen LogP contribution in [0, 0.1) is 13.8 Å². The standard InChI is InChI=1S/C13H15F3N2O2/c1-7-5-9(10(19)6-8(7)2)12(13(14,15)16)11(20)17-3-4-18-12/h5-6,18-19H,3-4H2,1-2H3,(H,17,20)/p+1/t12-/m1/s1. The van der Waals surface area contributed by atoms with Crippen LogP contribution in [0.4, 0.5) is 13.2 Å². The number of alkyl halides is 3. The van der Waals surface area contributed by atoms with Crippen molar-refractivity contribution in [1.29, 1.82) is 0 Å². The molecule has 1 amide bonds. The lowest BCUT2D eigenvalue weighted by Gasteiger charge is -2.35. The molecule has 0 radical (unpaired) electrons. The van der Waals surface area contributed by atoms with Crippen LogP contribution in [-0.2, 0) is 10.3 Å². The average Bonchev–Trinajstić information content (AvgIpc) is 2.33. The van der Waals surface area contributed by atoms with E-state index in [1.807, 2.05) is 0 Å². The van der Waals surface area contributed by atoms with E-state index >= 15 is 0 Å². The summed E-state index contributed by atoms with van der Waals surface area (Å²) in [6.07, 6.45) is -4.81. The summed E-state index contributed by atoms with van der Waals surface area (Å²) in [6, 6.07) is 2.49. The van der Waals surface area contributed by atoms with Gasteiger partial charge in [0.05, 0.1) is 18.7 Å². The van der Waals surface area contributed by atoms with Gasteiger partial charge in [0.2, 0.25) is 0 Å². The van der Waals surface area contributed by atoms with Crippen molar-refractivity contribution in [3.63, 3.8) is 0 Å². The van der Waals surface area contributed by atoms with Crippen LogP contribution in [0.25, 0.3) is 0 Å².